The molecule has 17 atom stereocenters. The Morgan fingerprint density at radius 1 is 0.848 bits per heavy atom. The van der Waals surface area contributed by atoms with Gasteiger partial charge in [0.25, 0.3) is 0 Å². The normalized spacial score (nSPS) is 56.6. The minimum Gasteiger partial charge on any atom is -0.481 e. The Morgan fingerprint density at radius 3 is 2.39 bits per heavy atom. The smallest absolute Gasteiger partial charge is 0.303 e. The number of hydrogen-bond acceptors (Lipinski definition) is 6. The Morgan fingerprint density at radius 2 is 1.59 bits per heavy atom. The number of rotatable bonds is 6. The molecule has 7 nitrogen and oxygen atoms in total. The average molecular weight is 643 g/mol. The van der Waals surface area contributed by atoms with Crippen molar-refractivity contribution in [3.63, 3.8) is 0 Å². The van der Waals surface area contributed by atoms with E-state index in [9.17, 15) is 9.90 Å². The van der Waals surface area contributed by atoms with Gasteiger partial charge in [0.15, 0.2) is 18.2 Å². The van der Waals surface area contributed by atoms with Crippen LogP contribution in [0.25, 0.3) is 0 Å². The van der Waals surface area contributed by atoms with E-state index in [-0.39, 0.29) is 18.3 Å². The van der Waals surface area contributed by atoms with Gasteiger partial charge in [0.2, 0.25) is 5.79 Å². The first-order chi connectivity index (χ1) is 21.9. The molecule has 7 heteroatoms. The first-order valence-electron chi connectivity index (χ1n) is 19.5. The van der Waals surface area contributed by atoms with Crippen LogP contribution in [0.1, 0.15) is 138 Å². The lowest BCUT2D eigenvalue weighted by molar-refractivity contribution is -0.578. The van der Waals surface area contributed by atoms with Crippen LogP contribution >= 0.6 is 0 Å². The van der Waals surface area contributed by atoms with Crippen LogP contribution < -0.4 is 0 Å². The maximum Gasteiger partial charge on any atom is 0.303 e. The SMILES string of the molecule is C[C@H](CCC(=O)O)[C@H]1CCC2[C@@H]3CC[C@@H]4C[C@H](O[C@H]5OC6O[C@@]7(C)CC[C@H]8[C@H](C)CCC([C@H]5C)[C@@]68OO7)CC[C@]4(C)[C@H]3CC[C@@]21C. The van der Waals surface area contributed by atoms with Gasteiger partial charge < -0.3 is 19.3 Å². The third-order valence-corrected chi connectivity index (χ3v) is 16.6. The molecular formula is C39H62O7. The molecule has 46 heavy (non-hydrogen) atoms. The molecule has 0 aromatic heterocycles. The molecule has 4 heterocycles. The number of carboxylic acid groups (broad SMARTS) is 1. The van der Waals surface area contributed by atoms with Gasteiger partial charge in [-0.25, -0.2) is 9.78 Å². The predicted octanol–water partition coefficient (Wildman–Crippen LogP) is 8.74. The van der Waals surface area contributed by atoms with Crippen LogP contribution in [0.4, 0.5) is 0 Å². The number of fused-ring (bicyclic) bond motifs is 7. The number of hydrogen-bond donors (Lipinski definition) is 1. The summed E-state index contributed by atoms with van der Waals surface area (Å²) >= 11 is 0. The first kappa shape index (κ1) is 32.5. The van der Waals surface area contributed by atoms with Crippen LogP contribution in [0.15, 0.2) is 0 Å². The summed E-state index contributed by atoms with van der Waals surface area (Å²) < 4.78 is 20.5. The third-order valence-electron chi connectivity index (χ3n) is 16.6. The second-order valence-electron chi connectivity index (χ2n) is 18.6. The molecule has 260 valence electrons. The number of aliphatic carboxylic acids is 1. The summed E-state index contributed by atoms with van der Waals surface area (Å²) in [6.07, 6.45) is 16.4. The van der Waals surface area contributed by atoms with Gasteiger partial charge in [0.1, 0.15) is 0 Å². The van der Waals surface area contributed by atoms with Crippen LogP contribution in [0, 0.1) is 70.0 Å². The summed E-state index contributed by atoms with van der Waals surface area (Å²) in [6.45, 7) is 14.3. The van der Waals surface area contributed by atoms with Crippen LogP contribution in [-0.2, 0) is 28.8 Å². The second-order valence-corrected chi connectivity index (χ2v) is 18.6. The fourth-order valence-electron chi connectivity index (χ4n) is 14.1. The molecule has 1 spiro atoms. The number of carboxylic acids is 1. The van der Waals surface area contributed by atoms with Crippen LogP contribution in [0.5, 0.6) is 0 Å². The van der Waals surface area contributed by atoms with Crippen LogP contribution in [-0.4, -0.2) is 41.1 Å². The van der Waals surface area contributed by atoms with Crippen LogP contribution in [0.3, 0.4) is 0 Å². The van der Waals surface area contributed by atoms with Crippen molar-refractivity contribution < 1.29 is 33.9 Å². The molecule has 0 aromatic carbocycles. The van der Waals surface area contributed by atoms with Gasteiger partial charge in [-0.3, -0.25) is 4.79 Å². The fourth-order valence-corrected chi connectivity index (χ4v) is 14.1. The molecule has 9 aliphatic rings. The van der Waals surface area contributed by atoms with Gasteiger partial charge in [0.05, 0.1) is 6.10 Å². The Hall–Kier alpha value is -0.730. The van der Waals surface area contributed by atoms with Crippen molar-refractivity contribution in [2.24, 2.45) is 70.0 Å². The van der Waals surface area contributed by atoms with Crippen molar-refractivity contribution in [1.29, 1.82) is 0 Å². The maximum absolute atomic E-state index is 11.3. The van der Waals surface area contributed by atoms with E-state index in [0.717, 1.165) is 62.2 Å². The van der Waals surface area contributed by atoms with E-state index < -0.39 is 23.6 Å². The standard InChI is InChI=1S/C39H62O7/c1-22(8-14-33(40)41)28-12-13-31-27-10-9-25-21-26(15-18-36(25,4)32(27)16-19-37(28,31)5)42-34-24(3)30-11-7-23(2)29-17-20-38(6)44-35(43-34)39(29,30)46-45-38/h22-32,34-35H,7-21H2,1-6H3,(H,40,41)/t22-,23-,24-,25-,26-,27+,28-,29+,30?,31?,32+,34+,35?,36+,37-,38-,39-/m1/s1. The molecule has 9 fully saturated rings. The Bertz CT molecular complexity index is 1180. The molecule has 1 N–H and O–H groups in total. The minimum atomic E-state index is -0.750. The average Bonchev–Trinajstić information content (AvgIpc) is 3.22. The van der Waals surface area contributed by atoms with Crippen LogP contribution in [0.2, 0.25) is 0 Å². The number of ether oxygens (including phenoxy) is 3. The van der Waals surface area contributed by atoms with Gasteiger partial charge >= 0.3 is 5.97 Å². The number of carbonyl (C=O) groups is 1. The zero-order valence-corrected chi connectivity index (χ0v) is 29.5. The Labute approximate surface area is 277 Å². The summed E-state index contributed by atoms with van der Waals surface area (Å²) in [4.78, 5) is 23.7. The van der Waals surface area contributed by atoms with Crippen molar-refractivity contribution >= 4 is 5.97 Å². The van der Waals surface area contributed by atoms with Crippen molar-refractivity contribution in [3.8, 4) is 0 Å². The first-order valence-corrected chi connectivity index (χ1v) is 19.5. The lowest BCUT2D eigenvalue weighted by Gasteiger charge is -2.62. The van der Waals surface area contributed by atoms with Crippen molar-refractivity contribution in [3.05, 3.63) is 0 Å². The quantitative estimate of drug-likeness (QED) is 0.229. The summed E-state index contributed by atoms with van der Waals surface area (Å²) in [5.41, 5.74) is 0.255. The minimum absolute atomic E-state index is 0.231. The highest BCUT2D eigenvalue weighted by Gasteiger charge is 2.70. The molecular weight excluding hydrogens is 580 g/mol. The van der Waals surface area contributed by atoms with E-state index in [1.165, 1.54) is 51.4 Å². The van der Waals surface area contributed by atoms with Gasteiger partial charge in [-0.2, -0.15) is 0 Å². The fraction of sp³-hybridized carbons (Fsp3) is 0.974. The van der Waals surface area contributed by atoms with Gasteiger partial charge in [-0.05, 0) is 149 Å². The van der Waals surface area contributed by atoms with E-state index in [4.69, 9.17) is 24.0 Å². The largest absolute Gasteiger partial charge is 0.481 e. The maximum atomic E-state index is 11.3. The summed E-state index contributed by atoms with van der Waals surface area (Å²) in [5.74, 6) is 4.46. The van der Waals surface area contributed by atoms with Crippen molar-refractivity contribution in [1.82, 2.24) is 0 Å². The van der Waals surface area contributed by atoms with E-state index >= 15 is 0 Å². The molecule has 4 saturated heterocycles. The Kier molecular flexibility index (Phi) is 8.05. The Balaban J connectivity index is 0.942. The lowest BCUT2D eigenvalue weighted by atomic mass is 9.44. The predicted molar refractivity (Wildman–Crippen MR) is 173 cm³/mol. The van der Waals surface area contributed by atoms with Gasteiger partial charge in [-0.15, -0.1) is 0 Å². The summed E-state index contributed by atoms with van der Waals surface area (Å²) in [6, 6.07) is 0. The topological polar surface area (TPSA) is 83.5 Å². The monoisotopic (exact) mass is 642 g/mol. The zero-order chi connectivity index (χ0) is 32.2. The highest BCUT2D eigenvalue weighted by Crippen LogP contribution is 2.69. The molecule has 0 amide bonds. The highest BCUT2D eigenvalue weighted by atomic mass is 17.3. The molecule has 5 aliphatic carbocycles. The van der Waals surface area contributed by atoms with E-state index in [1.54, 1.807) is 0 Å². The van der Waals surface area contributed by atoms with E-state index in [1.807, 2.05) is 6.92 Å². The summed E-state index contributed by atoms with van der Waals surface area (Å²) in [5, 5.41) is 9.32. The van der Waals surface area contributed by atoms with E-state index in [0.29, 0.717) is 46.8 Å². The molecule has 0 aromatic rings. The second kappa shape index (κ2) is 11.4. The van der Waals surface area contributed by atoms with Gasteiger partial charge in [0, 0.05) is 24.7 Å². The summed E-state index contributed by atoms with van der Waals surface area (Å²) in [7, 11) is 0. The molecule has 5 saturated carbocycles. The van der Waals surface area contributed by atoms with Crippen molar-refractivity contribution in [2.45, 2.75) is 168 Å². The zero-order valence-electron chi connectivity index (χ0n) is 29.5. The van der Waals surface area contributed by atoms with Crippen molar-refractivity contribution in [2.75, 3.05) is 0 Å². The molecule has 4 aliphatic heterocycles. The highest BCUT2D eigenvalue weighted by molar-refractivity contribution is 5.66. The molecule has 3 unspecified atom stereocenters. The molecule has 0 radical (unpaired) electrons. The van der Waals surface area contributed by atoms with Gasteiger partial charge in [-0.1, -0.05) is 34.6 Å². The third kappa shape index (κ3) is 4.77. The molecule has 9 rings (SSSR count). The lowest BCUT2D eigenvalue weighted by Crippen LogP contribution is -2.70. The van der Waals surface area contributed by atoms with E-state index in [2.05, 4.69) is 34.6 Å². The molecule has 2 bridgehead atoms.